The van der Waals surface area contributed by atoms with Gasteiger partial charge < -0.3 is 13.7 Å². The van der Waals surface area contributed by atoms with E-state index in [1.165, 1.54) is 10.8 Å². The van der Waals surface area contributed by atoms with Crippen molar-refractivity contribution >= 4 is 76.8 Å². The molecule has 11 aromatic rings. The zero-order valence-corrected chi connectivity index (χ0v) is 30.3. The fraction of sp³-hybridized carbons (Fsp3) is 0. The highest BCUT2D eigenvalue weighted by Gasteiger charge is 2.22. The predicted octanol–water partition coefficient (Wildman–Crippen LogP) is 13.6. The van der Waals surface area contributed by atoms with Gasteiger partial charge in [0.05, 0.1) is 63.6 Å². The molecule has 3 aromatic heterocycles. The first-order chi connectivity index (χ1) is 28.1. The molecule has 6 nitrogen and oxygen atoms in total. The van der Waals surface area contributed by atoms with E-state index in [0.717, 1.165) is 82.8 Å². The number of aromatic nitrogens is 3. The van der Waals surface area contributed by atoms with Crippen LogP contribution in [0.25, 0.3) is 103 Å². The molecular weight excluding hydrogens is 697 g/mol. The van der Waals surface area contributed by atoms with Gasteiger partial charge in [0.1, 0.15) is 0 Å². The minimum atomic E-state index is 0.524. The molecule has 0 aliphatic rings. The maximum Gasteiger partial charge on any atom is 0.189 e. The first-order valence-corrected chi connectivity index (χ1v) is 18.6. The molecule has 3 heterocycles. The van der Waals surface area contributed by atoms with Crippen molar-refractivity contribution in [3.63, 3.8) is 0 Å². The summed E-state index contributed by atoms with van der Waals surface area (Å²) in [6, 6.07) is 60.2. The second-order valence-electron chi connectivity index (χ2n) is 14.2. The summed E-state index contributed by atoms with van der Waals surface area (Å²) in [6.07, 6.45) is 0. The van der Waals surface area contributed by atoms with Crippen LogP contribution in [0.2, 0.25) is 0 Å². The second kappa shape index (κ2) is 12.3. The molecule has 0 aliphatic heterocycles. The van der Waals surface area contributed by atoms with Crippen molar-refractivity contribution in [3.8, 4) is 34.3 Å². The molecule has 0 saturated heterocycles. The Morgan fingerprint density at radius 3 is 1.42 bits per heavy atom. The lowest BCUT2D eigenvalue weighted by Gasteiger charge is -2.19. The van der Waals surface area contributed by atoms with E-state index in [9.17, 15) is 5.26 Å². The number of nitriles is 1. The van der Waals surface area contributed by atoms with Crippen molar-refractivity contribution in [1.82, 2.24) is 13.7 Å². The van der Waals surface area contributed by atoms with Gasteiger partial charge in [0.15, 0.2) is 11.4 Å². The lowest BCUT2D eigenvalue weighted by atomic mass is 9.98. The lowest BCUT2D eigenvalue weighted by Crippen LogP contribution is -2.02. The van der Waals surface area contributed by atoms with E-state index in [1.807, 2.05) is 66.7 Å². The van der Waals surface area contributed by atoms with E-state index in [2.05, 4.69) is 133 Å². The monoisotopic (exact) mass is 724 g/mol. The van der Waals surface area contributed by atoms with Gasteiger partial charge in [-0.15, -0.1) is 0 Å². The average molecular weight is 725 g/mol. The van der Waals surface area contributed by atoms with Crippen molar-refractivity contribution in [2.45, 2.75) is 0 Å². The molecule has 0 atom stereocenters. The summed E-state index contributed by atoms with van der Waals surface area (Å²) in [7, 11) is 0. The standard InChI is InChI=1S/C51H28N6/c1-53-33-21-26-48-43(28-33)42-25-22-35(55-44-15-7-3-11-36(44)37-12-4-8-16-45(37)55)30-51(42)57(48)49-27-32(31-52)19-23-40(49)41-24-20-34(54-2)29-50(41)56-46-17-9-5-13-38(46)39-14-6-10-18-47(39)56/h3-30H. The van der Waals surface area contributed by atoms with Crippen LogP contribution < -0.4 is 0 Å². The summed E-state index contributed by atoms with van der Waals surface area (Å²) in [5.74, 6) is 0. The summed E-state index contributed by atoms with van der Waals surface area (Å²) in [5, 5.41) is 16.9. The third-order valence-electron chi connectivity index (χ3n) is 11.3. The fourth-order valence-corrected chi connectivity index (χ4v) is 8.86. The maximum atomic E-state index is 10.4. The van der Waals surface area contributed by atoms with Gasteiger partial charge in [-0.1, -0.05) is 103 Å². The average Bonchev–Trinajstić information content (AvgIpc) is 3.91. The van der Waals surface area contributed by atoms with E-state index in [4.69, 9.17) is 13.1 Å². The van der Waals surface area contributed by atoms with E-state index in [-0.39, 0.29) is 0 Å². The Balaban J connectivity index is 1.25. The van der Waals surface area contributed by atoms with Gasteiger partial charge in [-0.05, 0) is 72.1 Å². The molecule has 0 fully saturated rings. The highest BCUT2D eigenvalue weighted by molar-refractivity contribution is 6.14. The van der Waals surface area contributed by atoms with Gasteiger partial charge in [0.2, 0.25) is 0 Å². The first-order valence-electron chi connectivity index (χ1n) is 18.6. The third-order valence-corrected chi connectivity index (χ3v) is 11.3. The van der Waals surface area contributed by atoms with E-state index in [1.54, 1.807) is 0 Å². The maximum absolute atomic E-state index is 10.4. The number of benzene rings is 8. The van der Waals surface area contributed by atoms with Gasteiger partial charge in [0, 0.05) is 49.4 Å². The largest absolute Gasteiger partial charge is 0.310 e. The minimum Gasteiger partial charge on any atom is -0.310 e. The Morgan fingerprint density at radius 2 is 0.842 bits per heavy atom. The topological polar surface area (TPSA) is 47.3 Å². The van der Waals surface area contributed by atoms with Crippen molar-refractivity contribution < 1.29 is 0 Å². The number of hydrogen-bond acceptors (Lipinski definition) is 1. The molecule has 6 heteroatoms. The van der Waals surface area contributed by atoms with Crippen LogP contribution in [-0.2, 0) is 0 Å². The molecule has 0 N–H and O–H groups in total. The minimum absolute atomic E-state index is 0.524. The lowest BCUT2D eigenvalue weighted by molar-refractivity contribution is 1.15. The normalized spacial score (nSPS) is 11.5. The Morgan fingerprint density at radius 1 is 0.386 bits per heavy atom. The van der Waals surface area contributed by atoms with Crippen molar-refractivity contribution in [2.75, 3.05) is 0 Å². The Labute approximate surface area is 327 Å². The van der Waals surface area contributed by atoms with Crippen molar-refractivity contribution in [2.24, 2.45) is 0 Å². The molecule has 262 valence electrons. The molecule has 57 heavy (non-hydrogen) atoms. The molecular formula is C51H28N6. The molecule has 0 unspecified atom stereocenters. The van der Waals surface area contributed by atoms with Gasteiger partial charge in [-0.3, -0.25) is 0 Å². The summed E-state index contributed by atoms with van der Waals surface area (Å²) in [5.41, 5.74) is 12.3. The smallest absolute Gasteiger partial charge is 0.189 e. The van der Waals surface area contributed by atoms with Crippen LogP contribution >= 0.6 is 0 Å². The summed E-state index contributed by atoms with van der Waals surface area (Å²) in [4.78, 5) is 7.67. The molecule has 0 spiro atoms. The fourth-order valence-electron chi connectivity index (χ4n) is 8.86. The highest BCUT2D eigenvalue weighted by Crippen LogP contribution is 2.43. The van der Waals surface area contributed by atoms with Crippen LogP contribution in [0.4, 0.5) is 11.4 Å². The molecule has 0 bridgehead atoms. The van der Waals surface area contributed by atoms with Gasteiger partial charge in [-0.2, -0.15) is 5.26 Å². The Hall–Kier alpha value is -8.37. The van der Waals surface area contributed by atoms with Gasteiger partial charge >= 0.3 is 0 Å². The number of nitrogens with zero attached hydrogens (tertiary/aromatic N) is 6. The quantitative estimate of drug-likeness (QED) is 0.167. The van der Waals surface area contributed by atoms with Crippen LogP contribution in [-0.4, -0.2) is 13.7 Å². The Bertz CT molecular complexity index is 3520. The van der Waals surface area contributed by atoms with E-state index >= 15 is 0 Å². The molecule has 11 rings (SSSR count). The molecule has 8 aromatic carbocycles. The molecule has 0 aliphatic carbocycles. The van der Waals surface area contributed by atoms with Crippen LogP contribution in [0, 0.1) is 24.5 Å². The number of hydrogen-bond donors (Lipinski definition) is 0. The van der Waals surface area contributed by atoms with Gasteiger partial charge in [0.25, 0.3) is 0 Å². The highest BCUT2D eigenvalue weighted by atomic mass is 15.0. The van der Waals surface area contributed by atoms with Crippen molar-refractivity contribution in [1.29, 1.82) is 5.26 Å². The summed E-state index contributed by atoms with van der Waals surface area (Å²) < 4.78 is 6.81. The Kier molecular flexibility index (Phi) is 6.95. The summed E-state index contributed by atoms with van der Waals surface area (Å²) in [6.45, 7) is 15.9. The zero-order chi connectivity index (χ0) is 38.2. The first kappa shape index (κ1) is 32.1. The number of rotatable bonds is 4. The molecule has 0 amide bonds. The van der Waals surface area contributed by atoms with Crippen LogP contribution in [0.3, 0.4) is 0 Å². The van der Waals surface area contributed by atoms with Crippen LogP contribution in [0.1, 0.15) is 5.56 Å². The second-order valence-corrected chi connectivity index (χ2v) is 14.2. The molecule has 0 saturated carbocycles. The number of para-hydroxylation sites is 4. The third kappa shape index (κ3) is 4.68. The summed E-state index contributed by atoms with van der Waals surface area (Å²) >= 11 is 0. The van der Waals surface area contributed by atoms with Gasteiger partial charge in [-0.25, -0.2) is 9.69 Å². The SMILES string of the molecule is [C-]#[N+]c1ccc(-c2ccc(C#N)cc2-n2c3ccc([N+]#[C-])cc3c3ccc(-n4c5ccccc5c5ccccc54)cc32)c(-n2c3ccccc3c3ccccc32)c1. The van der Waals surface area contributed by atoms with E-state index < -0.39 is 0 Å². The predicted molar refractivity (Wildman–Crippen MR) is 232 cm³/mol. The van der Waals surface area contributed by atoms with E-state index in [0.29, 0.717) is 16.9 Å². The van der Waals surface area contributed by atoms with Crippen molar-refractivity contribution in [3.05, 3.63) is 198 Å². The van der Waals surface area contributed by atoms with Crippen LogP contribution in [0.5, 0.6) is 0 Å². The van der Waals surface area contributed by atoms with Crippen LogP contribution in [0.15, 0.2) is 170 Å². The number of fused-ring (bicyclic) bond motifs is 9. The molecule has 0 radical (unpaired) electrons. The zero-order valence-electron chi connectivity index (χ0n) is 30.3.